The highest BCUT2D eigenvalue weighted by Gasteiger charge is 2.12. The van der Waals surface area contributed by atoms with Crippen LogP contribution in [-0.4, -0.2) is 41.9 Å². The monoisotopic (exact) mass is 497 g/mol. The number of nitrogens with one attached hydrogen (secondary N) is 2. The lowest BCUT2D eigenvalue weighted by molar-refractivity contribution is -0.144. The summed E-state index contributed by atoms with van der Waals surface area (Å²) in [4.78, 5) is 36.4. The van der Waals surface area contributed by atoms with Gasteiger partial charge in [0, 0.05) is 28.3 Å². The quantitative estimate of drug-likeness (QED) is 0.375. The summed E-state index contributed by atoms with van der Waals surface area (Å²) < 4.78 is 15.5. The molecular formula is C25H27N3O6S. The van der Waals surface area contributed by atoms with E-state index in [4.69, 9.17) is 14.0 Å². The molecule has 0 fully saturated rings. The van der Waals surface area contributed by atoms with Crippen molar-refractivity contribution in [1.82, 2.24) is 5.16 Å². The van der Waals surface area contributed by atoms with E-state index in [0.29, 0.717) is 29.3 Å². The summed E-state index contributed by atoms with van der Waals surface area (Å²) in [5.74, 6) is 0.888. The number of hydrogen-bond donors (Lipinski definition) is 2. The third-order valence-electron chi connectivity index (χ3n) is 4.87. The average molecular weight is 498 g/mol. The number of ether oxygens (including phenoxy) is 2. The highest BCUT2D eigenvalue weighted by atomic mass is 32.2. The summed E-state index contributed by atoms with van der Waals surface area (Å²) >= 11 is 1.36. The van der Waals surface area contributed by atoms with Crippen molar-refractivity contribution in [3.8, 4) is 5.75 Å². The Bertz CT molecular complexity index is 1140. The van der Waals surface area contributed by atoms with Gasteiger partial charge in [-0.05, 0) is 69.3 Å². The van der Waals surface area contributed by atoms with Crippen LogP contribution in [0.15, 0.2) is 53.1 Å². The maximum absolute atomic E-state index is 12.4. The molecule has 0 unspecified atom stereocenters. The fraction of sp³-hybridized carbons (Fsp3) is 0.280. The highest BCUT2D eigenvalue weighted by molar-refractivity contribution is 7.99. The van der Waals surface area contributed by atoms with Gasteiger partial charge in [0.15, 0.2) is 6.61 Å². The lowest BCUT2D eigenvalue weighted by atomic mass is 10.2. The molecule has 1 aromatic heterocycles. The third kappa shape index (κ3) is 7.89. The number of esters is 1. The van der Waals surface area contributed by atoms with Gasteiger partial charge in [-0.2, -0.15) is 0 Å². The van der Waals surface area contributed by atoms with Crippen LogP contribution in [0.25, 0.3) is 0 Å². The van der Waals surface area contributed by atoms with Gasteiger partial charge in [-0.15, -0.1) is 11.8 Å². The van der Waals surface area contributed by atoms with Crippen LogP contribution in [0.2, 0.25) is 0 Å². The smallest absolute Gasteiger partial charge is 0.316 e. The molecule has 184 valence electrons. The molecule has 0 saturated heterocycles. The summed E-state index contributed by atoms with van der Waals surface area (Å²) in [5.41, 5.74) is 3.30. The molecule has 3 rings (SSSR count). The van der Waals surface area contributed by atoms with Gasteiger partial charge in [0.25, 0.3) is 11.8 Å². The van der Waals surface area contributed by atoms with E-state index in [1.807, 2.05) is 20.8 Å². The number of hydrogen-bond acceptors (Lipinski definition) is 8. The second-order valence-electron chi connectivity index (χ2n) is 7.49. The predicted molar refractivity (Wildman–Crippen MR) is 134 cm³/mol. The van der Waals surface area contributed by atoms with Crippen LogP contribution in [-0.2, 0) is 20.1 Å². The molecule has 0 radical (unpaired) electrons. The minimum Gasteiger partial charge on any atom is -0.494 e. The second-order valence-corrected chi connectivity index (χ2v) is 8.48. The molecule has 3 aromatic rings. The number of aromatic nitrogens is 1. The third-order valence-corrected chi connectivity index (χ3v) is 5.80. The number of carbonyl (C=O) groups excluding carboxylic acids is 3. The Morgan fingerprint density at radius 1 is 0.971 bits per heavy atom. The fourth-order valence-electron chi connectivity index (χ4n) is 3.04. The first kappa shape index (κ1) is 25.8. The number of rotatable bonds is 11. The summed E-state index contributed by atoms with van der Waals surface area (Å²) in [5, 5.41) is 9.31. The van der Waals surface area contributed by atoms with Crippen LogP contribution in [0.3, 0.4) is 0 Å². The van der Waals surface area contributed by atoms with Crippen LogP contribution in [0.5, 0.6) is 5.75 Å². The molecular weight excluding hydrogens is 470 g/mol. The maximum Gasteiger partial charge on any atom is 0.316 e. The van der Waals surface area contributed by atoms with E-state index >= 15 is 0 Å². The van der Waals surface area contributed by atoms with Crippen molar-refractivity contribution in [2.24, 2.45) is 0 Å². The molecule has 10 heteroatoms. The molecule has 2 N–H and O–H groups in total. The van der Waals surface area contributed by atoms with Gasteiger partial charge < -0.3 is 24.6 Å². The van der Waals surface area contributed by atoms with Gasteiger partial charge in [0.1, 0.15) is 11.5 Å². The summed E-state index contributed by atoms with van der Waals surface area (Å²) in [6.07, 6.45) is 0. The average Bonchev–Trinajstić information content (AvgIpc) is 3.17. The molecule has 0 spiro atoms. The fourth-order valence-corrected chi connectivity index (χ4v) is 4.01. The largest absolute Gasteiger partial charge is 0.494 e. The Labute approximate surface area is 207 Å². The van der Waals surface area contributed by atoms with Crippen molar-refractivity contribution < 1.29 is 28.4 Å². The van der Waals surface area contributed by atoms with Crippen molar-refractivity contribution in [2.45, 2.75) is 26.5 Å². The number of aryl methyl sites for hydroxylation is 2. The molecule has 0 saturated carbocycles. The first-order valence-corrected chi connectivity index (χ1v) is 12.1. The molecule has 2 aromatic carbocycles. The number of benzene rings is 2. The van der Waals surface area contributed by atoms with E-state index in [-0.39, 0.29) is 11.7 Å². The lowest BCUT2D eigenvalue weighted by Crippen LogP contribution is -2.21. The van der Waals surface area contributed by atoms with Gasteiger partial charge in [0.2, 0.25) is 0 Å². The van der Waals surface area contributed by atoms with Crippen molar-refractivity contribution in [3.63, 3.8) is 0 Å². The van der Waals surface area contributed by atoms with Gasteiger partial charge in [-0.1, -0.05) is 5.16 Å². The molecule has 9 nitrogen and oxygen atoms in total. The molecule has 0 aliphatic heterocycles. The number of amides is 2. The van der Waals surface area contributed by atoms with Crippen molar-refractivity contribution in [2.75, 3.05) is 29.6 Å². The topological polar surface area (TPSA) is 120 Å². The van der Waals surface area contributed by atoms with E-state index < -0.39 is 18.5 Å². The number of carbonyl (C=O) groups is 3. The molecule has 1 heterocycles. The zero-order valence-electron chi connectivity index (χ0n) is 19.8. The highest BCUT2D eigenvalue weighted by Crippen LogP contribution is 2.20. The standard InChI is InChI=1S/C25H27N3O6S/c1-4-32-21-11-9-20(10-12-21)27-25(31)18-5-7-19(8-6-18)26-23(29)13-33-24(30)15-35-14-22-16(2)28-34-17(22)3/h5-12H,4,13-15H2,1-3H3,(H,26,29)(H,27,31). The van der Waals surface area contributed by atoms with E-state index in [0.717, 1.165) is 22.8 Å². The Balaban J connectivity index is 1.39. The maximum atomic E-state index is 12.4. The van der Waals surface area contributed by atoms with Crippen LogP contribution >= 0.6 is 11.8 Å². The van der Waals surface area contributed by atoms with E-state index in [9.17, 15) is 14.4 Å². The summed E-state index contributed by atoms with van der Waals surface area (Å²) in [6, 6.07) is 13.5. The van der Waals surface area contributed by atoms with Crippen LogP contribution < -0.4 is 15.4 Å². The Hall–Kier alpha value is -3.79. The SMILES string of the molecule is CCOc1ccc(NC(=O)c2ccc(NC(=O)COC(=O)CSCc3c(C)noc3C)cc2)cc1. The number of nitrogens with zero attached hydrogens (tertiary/aromatic N) is 1. The lowest BCUT2D eigenvalue weighted by Gasteiger charge is -2.09. The predicted octanol–water partition coefficient (Wildman–Crippen LogP) is 4.36. The Morgan fingerprint density at radius 2 is 1.63 bits per heavy atom. The minimum atomic E-state index is -0.488. The Morgan fingerprint density at radius 3 is 2.26 bits per heavy atom. The van der Waals surface area contributed by atoms with Gasteiger partial charge in [0.05, 0.1) is 18.1 Å². The number of thioether (sulfide) groups is 1. The van der Waals surface area contributed by atoms with Crippen LogP contribution in [0.4, 0.5) is 11.4 Å². The van der Waals surface area contributed by atoms with Crippen LogP contribution in [0, 0.1) is 13.8 Å². The summed E-state index contributed by atoms with van der Waals surface area (Å²) in [6.45, 7) is 5.74. The summed E-state index contributed by atoms with van der Waals surface area (Å²) in [7, 11) is 0. The van der Waals surface area contributed by atoms with E-state index in [1.165, 1.54) is 11.8 Å². The molecule has 0 aliphatic rings. The van der Waals surface area contributed by atoms with Crippen molar-refractivity contribution in [3.05, 3.63) is 71.1 Å². The Kier molecular flexibility index (Phi) is 9.31. The first-order valence-electron chi connectivity index (χ1n) is 10.9. The molecule has 0 aliphatic carbocycles. The van der Waals surface area contributed by atoms with Gasteiger partial charge in [-0.25, -0.2) is 0 Å². The zero-order chi connectivity index (χ0) is 25.2. The van der Waals surface area contributed by atoms with Crippen molar-refractivity contribution >= 4 is 40.9 Å². The van der Waals surface area contributed by atoms with Crippen LogP contribution in [0.1, 0.15) is 34.3 Å². The number of anilines is 2. The molecule has 0 atom stereocenters. The normalized spacial score (nSPS) is 10.5. The molecule has 2 amide bonds. The van der Waals surface area contributed by atoms with E-state index in [1.54, 1.807) is 48.5 Å². The minimum absolute atomic E-state index is 0.107. The van der Waals surface area contributed by atoms with Crippen molar-refractivity contribution in [1.29, 1.82) is 0 Å². The molecule has 35 heavy (non-hydrogen) atoms. The zero-order valence-corrected chi connectivity index (χ0v) is 20.6. The van der Waals surface area contributed by atoms with Gasteiger partial charge >= 0.3 is 5.97 Å². The molecule has 0 bridgehead atoms. The van der Waals surface area contributed by atoms with E-state index in [2.05, 4.69) is 15.8 Å². The van der Waals surface area contributed by atoms with Gasteiger partial charge in [-0.3, -0.25) is 14.4 Å². The second kappa shape index (κ2) is 12.6. The first-order chi connectivity index (χ1) is 16.9.